The Balaban J connectivity index is 1.67. The van der Waals surface area contributed by atoms with Crippen LogP contribution in [0.4, 0.5) is 0 Å². The van der Waals surface area contributed by atoms with Crippen LogP contribution in [0.5, 0.6) is 0 Å². The molecule has 94 valence electrons. The van der Waals surface area contributed by atoms with Crippen molar-refractivity contribution in [2.75, 3.05) is 26.3 Å². The van der Waals surface area contributed by atoms with Gasteiger partial charge in [-0.1, -0.05) is 24.3 Å². The van der Waals surface area contributed by atoms with Gasteiger partial charge in [0, 0.05) is 25.8 Å². The predicted octanol–water partition coefficient (Wildman–Crippen LogP) is 1.91. The lowest BCUT2D eigenvalue weighted by molar-refractivity contribution is 0.0342. The normalized spacial score (nSPS) is 16.9. The zero-order chi connectivity index (χ0) is 12.2. The maximum Gasteiger partial charge on any atom is 0.0650 e. The van der Waals surface area contributed by atoms with Crippen LogP contribution in [0.1, 0.15) is 5.56 Å². The molecule has 0 atom stereocenters. The van der Waals surface area contributed by atoms with Crippen molar-refractivity contribution in [1.29, 1.82) is 0 Å². The number of hydrogen-bond donors (Lipinski definition) is 1. The van der Waals surface area contributed by atoms with Crippen LogP contribution >= 0.6 is 0 Å². The van der Waals surface area contributed by atoms with Crippen molar-refractivity contribution in [2.24, 2.45) is 0 Å². The highest BCUT2D eigenvalue weighted by molar-refractivity contribution is 5.58. The molecule has 1 saturated heterocycles. The lowest BCUT2D eigenvalue weighted by Crippen LogP contribution is -2.35. The summed E-state index contributed by atoms with van der Waals surface area (Å²) in [5, 5.41) is 6.94. The second kappa shape index (κ2) is 5.33. The van der Waals surface area contributed by atoms with Crippen molar-refractivity contribution in [3.8, 4) is 11.3 Å². The summed E-state index contributed by atoms with van der Waals surface area (Å²) in [4.78, 5) is 2.43. The molecule has 4 nitrogen and oxygen atoms in total. The molecule has 0 amide bonds. The third-order valence-electron chi connectivity index (χ3n) is 3.28. The minimum absolute atomic E-state index is 0.853. The molecule has 0 aliphatic carbocycles. The zero-order valence-electron chi connectivity index (χ0n) is 10.3. The molecular formula is C14H17N3O. The summed E-state index contributed by atoms with van der Waals surface area (Å²) in [6.45, 7) is 4.77. The van der Waals surface area contributed by atoms with Crippen molar-refractivity contribution >= 4 is 0 Å². The van der Waals surface area contributed by atoms with Gasteiger partial charge in [-0.2, -0.15) is 5.10 Å². The average molecular weight is 243 g/mol. The van der Waals surface area contributed by atoms with Gasteiger partial charge in [-0.3, -0.25) is 10.00 Å². The maximum atomic E-state index is 5.35. The molecule has 1 aliphatic heterocycles. The van der Waals surface area contributed by atoms with Crippen LogP contribution in [0.3, 0.4) is 0 Å². The predicted molar refractivity (Wildman–Crippen MR) is 70.1 cm³/mol. The van der Waals surface area contributed by atoms with Gasteiger partial charge in [0.15, 0.2) is 0 Å². The van der Waals surface area contributed by atoms with Gasteiger partial charge in [0.2, 0.25) is 0 Å². The molecule has 1 aromatic carbocycles. The first-order valence-electron chi connectivity index (χ1n) is 6.30. The summed E-state index contributed by atoms with van der Waals surface area (Å²) in [6, 6.07) is 10.6. The van der Waals surface area contributed by atoms with E-state index in [1.165, 1.54) is 11.1 Å². The van der Waals surface area contributed by atoms with E-state index in [2.05, 4.69) is 39.4 Å². The van der Waals surface area contributed by atoms with E-state index in [0.29, 0.717) is 0 Å². The smallest absolute Gasteiger partial charge is 0.0650 e. The molecule has 0 radical (unpaired) electrons. The van der Waals surface area contributed by atoms with E-state index in [4.69, 9.17) is 4.74 Å². The van der Waals surface area contributed by atoms with Gasteiger partial charge in [-0.05, 0) is 17.2 Å². The molecule has 0 unspecified atom stereocenters. The summed E-state index contributed by atoms with van der Waals surface area (Å²) in [6.07, 6.45) is 1.77. The Labute approximate surface area is 107 Å². The lowest BCUT2D eigenvalue weighted by Gasteiger charge is -2.26. The van der Waals surface area contributed by atoms with Gasteiger partial charge in [0.05, 0.1) is 18.9 Å². The number of morpholine rings is 1. The first kappa shape index (κ1) is 11.4. The minimum atomic E-state index is 0.853. The highest BCUT2D eigenvalue weighted by atomic mass is 16.5. The molecular weight excluding hydrogens is 226 g/mol. The Hall–Kier alpha value is -1.65. The standard InChI is InChI=1S/C14H17N3O/c1-3-13(14-5-6-15-16-14)4-2-12(1)11-17-7-9-18-10-8-17/h1-6H,7-11H2,(H,15,16). The van der Waals surface area contributed by atoms with Crippen molar-refractivity contribution in [2.45, 2.75) is 6.54 Å². The fraction of sp³-hybridized carbons (Fsp3) is 0.357. The fourth-order valence-corrected chi connectivity index (χ4v) is 2.22. The van der Waals surface area contributed by atoms with Gasteiger partial charge in [-0.25, -0.2) is 0 Å². The molecule has 1 aliphatic rings. The Kier molecular flexibility index (Phi) is 3.39. The van der Waals surface area contributed by atoms with E-state index >= 15 is 0 Å². The number of ether oxygens (including phenoxy) is 1. The Morgan fingerprint density at radius 3 is 2.56 bits per heavy atom. The van der Waals surface area contributed by atoms with Crippen molar-refractivity contribution in [3.05, 3.63) is 42.1 Å². The minimum Gasteiger partial charge on any atom is -0.379 e. The number of aromatic amines is 1. The third kappa shape index (κ3) is 2.60. The van der Waals surface area contributed by atoms with E-state index in [-0.39, 0.29) is 0 Å². The van der Waals surface area contributed by atoms with Gasteiger partial charge < -0.3 is 4.74 Å². The SMILES string of the molecule is c1cc(-c2ccc(CN3CCOCC3)cc2)[nH]n1. The van der Waals surface area contributed by atoms with Crippen LogP contribution in [0.25, 0.3) is 11.3 Å². The first-order chi connectivity index (χ1) is 8.92. The molecule has 1 aromatic heterocycles. The summed E-state index contributed by atoms with van der Waals surface area (Å²) in [5.41, 5.74) is 3.59. The first-order valence-corrected chi connectivity index (χ1v) is 6.30. The van der Waals surface area contributed by atoms with E-state index in [9.17, 15) is 0 Å². The molecule has 2 aromatic rings. The number of nitrogens with zero attached hydrogens (tertiary/aromatic N) is 2. The van der Waals surface area contributed by atoms with Gasteiger partial charge in [0.1, 0.15) is 0 Å². The van der Waals surface area contributed by atoms with E-state index < -0.39 is 0 Å². The van der Waals surface area contributed by atoms with E-state index in [1.807, 2.05) is 6.07 Å². The molecule has 1 fully saturated rings. The number of nitrogens with one attached hydrogen (secondary N) is 1. The summed E-state index contributed by atoms with van der Waals surface area (Å²) in [5.74, 6) is 0. The average Bonchev–Trinajstić information content (AvgIpc) is 2.95. The summed E-state index contributed by atoms with van der Waals surface area (Å²) >= 11 is 0. The largest absolute Gasteiger partial charge is 0.379 e. The highest BCUT2D eigenvalue weighted by Gasteiger charge is 2.10. The van der Waals surface area contributed by atoms with Crippen LogP contribution < -0.4 is 0 Å². The number of rotatable bonds is 3. The molecule has 1 N–H and O–H groups in total. The van der Waals surface area contributed by atoms with Gasteiger partial charge in [-0.15, -0.1) is 0 Å². The maximum absolute atomic E-state index is 5.35. The second-order valence-electron chi connectivity index (χ2n) is 4.56. The number of benzene rings is 1. The topological polar surface area (TPSA) is 41.1 Å². The Morgan fingerprint density at radius 1 is 1.11 bits per heavy atom. The summed E-state index contributed by atoms with van der Waals surface area (Å²) < 4.78 is 5.35. The highest BCUT2D eigenvalue weighted by Crippen LogP contribution is 2.17. The van der Waals surface area contributed by atoms with Crippen LogP contribution in [0.2, 0.25) is 0 Å². The van der Waals surface area contributed by atoms with Crippen LogP contribution in [0, 0.1) is 0 Å². The van der Waals surface area contributed by atoms with Crippen LogP contribution in [-0.4, -0.2) is 41.4 Å². The van der Waals surface area contributed by atoms with Crippen molar-refractivity contribution in [3.63, 3.8) is 0 Å². The second-order valence-corrected chi connectivity index (χ2v) is 4.56. The zero-order valence-corrected chi connectivity index (χ0v) is 10.3. The van der Waals surface area contributed by atoms with Gasteiger partial charge in [0.25, 0.3) is 0 Å². The third-order valence-corrected chi connectivity index (χ3v) is 3.28. The van der Waals surface area contributed by atoms with Crippen LogP contribution in [-0.2, 0) is 11.3 Å². The number of H-pyrrole nitrogens is 1. The molecule has 0 spiro atoms. The van der Waals surface area contributed by atoms with E-state index in [1.54, 1.807) is 6.20 Å². The fourth-order valence-electron chi connectivity index (χ4n) is 2.22. The Morgan fingerprint density at radius 2 is 1.89 bits per heavy atom. The monoisotopic (exact) mass is 243 g/mol. The van der Waals surface area contributed by atoms with Crippen LogP contribution in [0.15, 0.2) is 36.5 Å². The number of hydrogen-bond acceptors (Lipinski definition) is 3. The van der Waals surface area contributed by atoms with Gasteiger partial charge >= 0.3 is 0 Å². The molecule has 0 saturated carbocycles. The lowest BCUT2D eigenvalue weighted by atomic mass is 10.1. The molecule has 0 bridgehead atoms. The quantitative estimate of drug-likeness (QED) is 0.895. The summed E-state index contributed by atoms with van der Waals surface area (Å²) in [7, 11) is 0. The molecule has 3 rings (SSSR count). The Bertz CT molecular complexity index is 472. The van der Waals surface area contributed by atoms with Crippen molar-refractivity contribution in [1.82, 2.24) is 15.1 Å². The van der Waals surface area contributed by atoms with Crippen molar-refractivity contribution < 1.29 is 4.74 Å². The molecule has 2 heterocycles. The number of aromatic nitrogens is 2. The van der Waals surface area contributed by atoms with E-state index in [0.717, 1.165) is 38.5 Å². The molecule has 4 heteroatoms. The molecule has 18 heavy (non-hydrogen) atoms.